The number of hydrogen-bond acceptors (Lipinski definition) is 0. The van der Waals surface area contributed by atoms with Gasteiger partial charge in [-0.1, -0.05) is 210 Å². The zero-order valence-corrected chi connectivity index (χ0v) is 35.6. The summed E-state index contributed by atoms with van der Waals surface area (Å²) in [6.45, 7) is 6.91. The third kappa shape index (κ3) is 13.6. The van der Waals surface area contributed by atoms with Crippen molar-refractivity contribution >= 4 is 16.3 Å². The standard InChI is InChI=1S/C45H69Si.2CH3.Ti/c1-4-6-8-10-12-14-16-18-20-22-24-28-32-45(33-29-25-23-21-19-17-15-13-11-9-7-5-2)42-31-27-26-30-39(42)41-35-38-34-37(3)44(46)40(38)36-43(41)45;;;/h26-27,30-31,34-36,44H,4-25,28-29,32-33H2,1-3H3;2*1H3;/q;2*-1;+2. The van der Waals surface area contributed by atoms with Crippen molar-refractivity contribution in [3.05, 3.63) is 79.1 Å². The van der Waals surface area contributed by atoms with Gasteiger partial charge in [-0.15, -0.1) is 0 Å². The first-order valence-electron chi connectivity index (χ1n) is 20.3. The molecule has 3 radical (unpaired) electrons. The minimum absolute atomic E-state index is 0. The summed E-state index contributed by atoms with van der Waals surface area (Å²) in [6, 6.07) is 14.7. The van der Waals surface area contributed by atoms with Crippen molar-refractivity contribution < 1.29 is 21.7 Å². The molecule has 2 heteroatoms. The monoisotopic (exact) mass is 716 g/mol. The first-order chi connectivity index (χ1) is 22.6. The molecule has 0 bridgehead atoms. The van der Waals surface area contributed by atoms with Crippen molar-refractivity contribution in [1.82, 2.24) is 0 Å². The van der Waals surface area contributed by atoms with Gasteiger partial charge < -0.3 is 14.9 Å². The molecule has 2 aromatic rings. The van der Waals surface area contributed by atoms with Crippen LogP contribution >= 0.6 is 0 Å². The summed E-state index contributed by atoms with van der Waals surface area (Å²) >= 11 is 0. The zero-order valence-electron chi connectivity index (χ0n) is 33.0. The van der Waals surface area contributed by atoms with Crippen LogP contribution in [0.4, 0.5) is 0 Å². The van der Waals surface area contributed by atoms with E-state index in [0.717, 1.165) is 0 Å². The van der Waals surface area contributed by atoms with Crippen LogP contribution in [0.5, 0.6) is 0 Å². The summed E-state index contributed by atoms with van der Waals surface area (Å²) in [5.41, 5.74) is 11.2. The van der Waals surface area contributed by atoms with E-state index in [1.807, 2.05) is 0 Å². The molecule has 0 saturated carbocycles. The van der Waals surface area contributed by atoms with Gasteiger partial charge >= 0.3 is 21.7 Å². The quantitative estimate of drug-likeness (QED) is 0.0517. The van der Waals surface area contributed by atoms with Gasteiger partial charge in [-0.25, -0.2) is 0 Å². The fourth-order valence-corrected chi connectivity index (χ4v) is 9.01. The third-order valence-corrected chi connectivity index (χ3v) is 12.3. The fraction of sp³-hybridized carbons (Fsp3) is 0.660. The maximum Gasteiger partial charge on any atom is 2.00 e. The first kappa shape index (κ1) is 46.1. The number of hydrogen-bond donors (Lipinski definition) is 0. The minimum Gasteiger partial charge on any atom is -0.358 e. The molecule has 4 rings (SSSR count). The van der Waals surface area contributed by atoms with E-state index in [-0.39, 0.29) is 42.0 Å². The van der Waals surface area contributed by atoms with E-state index in [0.29, 0.717) is 5.54 Å². The summed E-state index contributed by atoms with van der Waals surface area (Å²) < 4.78 is 0. The van der Waals surface area contributed by atoms with Gasteiger partial charge in [-0.2, -0.15) is 0 Å². The predicted octanol–water partition coefficient (Wildman–Crippen LogP) is 15.7. The fourth-order valence-electron chi connectivity index (χ4n) is 8.68. The SMILES string of the molecule is CCCCCCCCCCCCCCC1(CCCCCCCCCCCCCC)c2ccccc2-c2cc3c(cc21)C([Si])C(C)=C3.[CH3-].[CH3-].[Ti+2]. The molecular formula is C47H75SiTi. The maximum atomic E-state index is 4.10. The van der Waals surface area contributed by atoms with Crippen molar-refractivity contribution in [1.29, 1.82) is 0 Å². The maximum absolute atomic E-state index is 4.10. The third-order valence-electron chi connectivity index (χ3n) is 11.5. The smallest absolute Gasteiger partial charge is 0.358 e. The Balaban J connectivity index is 0.00000400. The second-order valence-electron chi connectivity index (χ2n) is 15.3. The Hall–Kier alpha value is -0.889. The molecule has 0 spiro atoms. The summed E-state index contributed by atoms with van der Waals surface area (Å²) in [6.07, 6.45) is 39.1. The number of rotatable bonds is 26. The predicted molar refractivity (Wildman–Crippen MR) is 219 cm³/mol. The second-order valence-corrected chi connectivity index (χ2v) is 15.8. The van der Waals surface area contributed by atoms with Crippen LogP contribution in [-0.4, -0.2) is 10.2 Å². The Kier molecular flexibility index (Phi) is 24.4. The van der Waals surface area contributed by atoms with Crippen LogP contribution in [-0.2, 0) is 27.1 Å². The number of fused-ring (bicyclic) bond motifs is 4. The molecule has 0 amide bonds. The van der Waals surface area contributed by atoms with Crippen molar-refractivity contribution in [2.75, 3.05) is 0 Å². The van der Waals surface area contributed by atoms with E-state index < -0.39 is 0 Å². The van der Waals surface area contributed by atoms with E-state index in [9.17, 15) is 0 Å². The molecule has 49 heavy (non-hydrogen) atoms. The van der Waals surface area contributed by atoms with Crippen LogP contribution < -0.4 is 0 Å². The topological polar surface area (TPSA) is 0 Å². The summed E-state index contributed by atoms with van der Waals surface area (Å²) in [5, 5.41) is 0. The number of allylic oxidation sites excluding steroid dienone is 1. The minimum atomic E-state index is 0. The molecule has 2 aromatic carbocycles. The Bertz CT molecular complexity index is 1150. The number of benzene rings is 2. The Morgan fingerprint density at radius 2 is 0.939 bits per heavy atom. The molecule has 0 aliphatic heterocycles. The van der Waals surface area contributed by atoms with Gasteiger partial charge in [0.25, 0.3) is 0 Å². The van der Waals surface area contributed by atoms with Crippen molar-refractivity contribution in [2.45, 2.75) is 199 Å². The van der Waals surface area contributed by atoms with Crippen molar-refractivity contribution in [2.24, 2.45) is 0 Å². The summed E-state index contributed by atoms with van der Waals surface area (Å²) in [7, 11) is 4.10. The molecule has 1 atom stereocenters. The van der Waals surface area contributed by atoms with E-state index >= 15 is 0 Å². The molecule has 0 fully saturated rings. The van der Waals surface area contributed by atoms with Gasteiger partial charge in [0.05, 0.1) is 0 Å². The van der Waals surface area contributed by atoms with E-state index in [2.05, 4.69) is 73.5 Å². The van der Waals surface area contributed by atoms with Crippen LogP contribution in [0.25, 0.3) is 17.2 Å². The van der Waals surface area contributed by atoms with E-state index in [1.165, 1.54) is 195 Å². The van der Waals surface area contributed by atoms with E-state index in [4.69, 9.17) is 0 Å². The van der Waals surface area contributed by atoms with Gasteiger partial charge in [-0.05, 0) is 64.8 Å². The Morgan fingerprint density at radius 1 is 0.531 bits per heavy atom. The molecule has 1 unspecified atom stereocenters. The van der Waals surface area contributed by atoms with Gasteiger partial charge in [0.1, 0.15) is 0 Å². The van der Waals surface area contributed by atoms with Crippen LogP contribution in [0.2, 0.25) is 0 Å². The normalized spacial score (nSPS) is 15.0. The summed E-state index contributed by atoms with van der Waals surface area (Å²) in [5.74, 6) is 0. The second kappa shape index (κ2) is 26.0. The zero-order chi connectivity index (χ0) is 32.5. The largest absolute Gasteiger partial charge is 2.00 e. The van der Waals surface area contributed by atoms with Gasteiger partial charge in [-0.3, -0.25) is 0 Å². The molecule has 0 N–H and O–H groups in total. The number of unbranched alkanes of at least 4 members (excludes halogenated alkanes) is 22. The van der Waals surface area contributed by atoms with Gasteiger partial charge in [0.2, 0.25) is 0 Å². The van der Waals surface area contributed by atoms with Crippen LogP contribution in [0.15, 0.2) is 42.0 Å². The molecule has 0 aromatic heterocycles. The molecule has 2 aliphatic rings. The Labute approximate surface area is 325 Å². The van der Waals surface area contributed by atoms with Crippen molar-refractivity contribution in [3.63, 3.8) is 0 Å². The van der Waals surface area contributed by atoms with Crippen LogP contribution in [0.1, 0.15) is 216 Å². The average molecular weight is 716 g/mol. The van der Waals surface area contributed by atoms with E-state index in [1.54, 1.807) is 11.1 Å². The molecule has 0 heterocycles. The van der Waals surface area contributed by atoms with Gasteiger partial charge in [0, 0.05) is 15.7 Å². The summed E-state index contributed by atoms with van der Waals surface area (Å²) in [4.78, 5) is 0. The van der Waals surface area contributed by atoms with Crippen LogP contribution in [0.3, 0.4) is 0 Å². The van der Waals surface area contributed by atoms with Crippen molar-refractivity contribution in [3.8, 4) is 11.1 Å². The molecule has 0 saturated heterocycles. The molecule has 271 valence electrons. The average Bonchev–Trinajstić information content (AvgIpc) is 3.50. The molecule has 0 nitrogen and oxygen atoms in total. The Morgan fingerprint density at radius 3 is 1.39 bits per heavy atom. The molecular weight excluding hydrogens is 640 g/mol. The molecule has 2 aliphatic carbocycles. The van der Waals surface area contributed by atoms with Gasteiger partial charge in [0.15, 0.2) is 0 Å². The first-order valence-corrected chi connectivity index (χ1v) is 20.9. The van der Waals surface area contributed by atoms with Crippen LogP contribution in [0, 0.1) is 14.9 Å².